The van der Waals surface area contributed by atoms with E-state index in [4.69, 9.17) is 4.74 Å². The zero-order valence-electron chi connectivity index (χ0n) is 13.4. The van der Waals surface area contributed by atoms with Gasteiger partial charge in [-0.3, -0.25) is 4.90 Å². The lowest BCUT2D eigenvalue weighted by Crippen LogP contribution is -2.51. The number of nitrogens with zero attached hydrogens (tertiary/aromatic N) is 1. The van der Waals surface area contributed by atoms with Crippen LogP contribution >= 0.6 is 0 Å². The molecule has 0 spiro atoms. The molecule has 0 bridgehead atoms. The van der Waals surface area contributed by atoms with Crippen molar-refractivity contribution in [1.29, 1.82) is 0 Å². The number of nitrogens with one attached hydrogen (secondary N) is 1. The minimum atomic E-state index is -0.0486. The van der Waals surface area contributed by atoms with Crippen molar-refractivity contribution in [3.63, 3.8) is 0 Å². The van der Waals surface area contributed by atoms with Gasteiger partial charge in [-0.2, -0.15) is 0 Å². The number of likely N-dealkylation sites (tertiary alicyclic amines) is 1. The summed E-state index contributed by atoms with van der Waals surface area (Å²) in [5.74, 6) is 0.691. The van der Waals surface area contributed by atoms with Crippen LogP contribution in [0.25, 0.3) is 0 Å². The second-order valence-corrected chi connectivity index (χ2v) is 7.09. The van der Waals surface area contributed by atoms with Gasteiger partial charge >= 0.3 is 0 Å². The van der Waals surface area contributed by atoms with Gasteiger partial charge in [-0.1, -0.05) is 13.8 Å². The van der Waals surface area contributed by atoms with Gasteiger partial charge in [-0.25, -0.2) is 0 Å². The van der Waals surface area contributed by atoms with Gasteiger partial charge in [0.1, 0.15) is 0 Å². The lowest BCUT2D eigenvalue weighted by molar-refractivity contribution is 0.0639. The second kappa shape index (κ2) is 7.21. The van der Waals surface area contributed by atoms with E-state index < -0.39 is 0 Å². The number of hydrogen-bond acceptors (Lipinski definition) is 4. The Bertz CT molecular complexity index is 296. The minimum Gasteiger partial charge on any atom is -0.394 e. The number of hydrogen-bond donors (Lipinski definition) is 2. The van der Waals surface area contributed by atoms with Crippen molar-refractivity contribution in [2.45, 2.75) is 63.6 Å². The molecule has 4 heteroatoms. The molecule has 2 rings (SSSR count). The zero-order valence-corrected chi connectivity index (χ0v) is 13.4. The van der Waals surface area contributed by atoms with Crippen LogP contribution in [-0.2, 0) is 4.74 Å². The molecule has 3 atom stereocenters. The standard InChI is InChI=1S/C16H32N2O2/c1-13(2)17-16(12-19)7-6-15(9-16)18-8-4-5-14(10-18)11-20-3/h13-15,17,19H,4-12H2,1-3H3. The van der Waals surface area contributed by atoms with Gasteiger partial charge in [0.15, 0.2) is 0 Å². The fraction of sp³-hybridized carbons (Fsp3) is 1.00. The van der Waals surface area contributed by atoms with Crippen LogP contribution in [0.5, 0.6) is 0 Å². The molecule has 4 nitrogen and oxygen atoms in total. The number of aliphatic hydroxyl groups is 1. The molecule has 1 aliphatic heterocycles. The van der Waals surface area contributed by atoms with Crippen molar-refractivity contribution in [3.8, 4) is 0 Å². The highest BCUT2D eigenvalue weighted by atomic mass is 16.5. The Morgan fingerprint density at radius 1 is 1.40 bits per heavy atom. The highest BCUT2D eigenvalue weighted by molar-refractivity contribution is 5.00. The zero-order chi connectivity index (χ0) is 14.6. The van der Waals surface area contributed by atoms with E-state index in [0.29, 0.717) is 18.0 Å². The molecular formula is C16H32N2O2. The van der Waals surface area contributed by atoms with Crippen LogP contribution in [0, 0.1) is 5.92 Å². The maximum Gasteiger partial charge on any atom is 0.0614 e. The van der Waals surface area contributed by atoms with Gasteiger partial charge in [0, 0.05) is 31.3 Å². The van der Waals surface area contributed by atoms with Crippen molar-refractivity contribution in [2.24, 2.45) is 5.92 Å². The largest absolute Gasteiger partial charge is 0.394 e. The number of ether oxygens (including phenoxy) is 1. The molecule has 3 unspecified atom stereocenters. The van der Waals surface area contributed by atoms with E-state index in [9.17, 15) is 5.11 Å². The fourth-order valence-corrected chi connectivity index (χ4v) is 4.14. The topological polar surface area (TPSA) is 44.7 Å². The summed E-state index contributed by atoms with van der Waals surface area (Å²) in [6.07, 6.45) is 5.97. The molecule has 0 aromatic rings. The van der Waals surface area contributed by atoms with Crippen molar-refractivity contribution in [1.82, 2.24) is 10.2 Å². The molecule has 0 radical (unpaired) electrons. The van der Waals surface area contributed by atoms with Gasteiger partial charge in [-0.15, -0.1) is 0 Å². The lowest BCUT2D eigenvalue weighted by Gasteiger charge is -2.38. The van der Waals surface area contributed by atoms with E-state index in [1.165, 1.54) is 32.4 Å². The molecule has 1 saturated heterocycles. The molecule has 2 N–H and O–H groups in total. The summed E-state index contributed by atoms with van der Waals surface area (Å²) in [6.45, 7) is 7.87. The third-order valence-corrected chi connectivity index (χ3v) is 4.95. The van der Waals surface area contributed by atoms with Crippen LogP contribution < -0.4 is 5.32 Å². The average molecular weight is 284 g/mol. The highest BCUT2D eigenvalue weighted by Gasteiger charge is 2.41. The van der Waals surface area contributed by atoms with Crippen LogP contribution in [0.15, 0.2) is 0 Å². The molecule has 0 aromatic carbocycles. The molecule has 118 valence electrons. The molecule has 1 heterocycles. The van der Waals surface area contributed by atoms with Crippen LogP contribution in [0.1, 0.15) is 46.0 Å². The summed E-state index contributed by atoms with van der Waals surface area (Å²) in [6, 6.07) is 1.07. The van der Waals surface area contributed by atoms with E-state index >= 15 is 0 Å². The van der Waals surface area contributed by atoms with E-state index in [2.05, 4.69) is 24.1 Å². The van der Waals surface area contributed by atoms with Gasteiger partial charge in [0.05, 0.1) is 13.2 Å². The van der Waals surface area contributed by atoms with Crippen LogP contribution in [-0.4, -0.2) is 61.0 Å². The smallest absolute Gasteiger partial charge is 0.0614 e. The molecule has 2 aliphatic rings. The van der Waals surface area contributed by atoms with Crippen LogP contribution in [0.2, 0.25) is 0 Å². The molecule has 0 aromatic heterocycles. The summed E-state index contributed by atoms with van der Waals surface area (Å²) in [4.78, 5) is 2.65. The van der Waals surface area contributed by atoms with E-state index in [-0.39, 0.29) is 12.1 Å². The summed E-state index contributed by atoms with van der Waals surface area (Å²) >= 11 is 0. The van der Waals surface area contributed by atoms with E-state index in [1.807, 2.05) is 0 Å². The van der Waals surface area contributed by atoms with Crippen molar-refractivity contribution in [2.75, 3.05) is 33.4 Å². The van der Waals surface area contributed by atoms with Gasteiger partial charge in [-0.05, 0) is 44.6 Å². The summed E-state index contributed by atoms with van der Waals surface area (Å²) in [7, 11) is 1.80. The minimum absolute atomic E-state index is 0.0486. The number of aliphatic hydroxyl groups excluding tert-OH is 1. The Morgan fingerprint density at radius 3 is 2.85 bits per heavy atom. The van der Waals surface area contributed by atoms with Crippen molar-refractivity contribution < 1.29 is 9.84 Å². The van der Waals surface area contributed by atoms with Crippen molar-refractivity contribution >= 4 is 0 Å². The number of methoxy groups -OCH3 is 1. The monoisotopic (exact) mass is 284 g/mol. The predicted molar refractivity (Wildman–Crippen MR) is 81.9 cm³/mol. The summed E-state index contributed by atoms with van der Waals surface area (Å²) in [5, 5.41) is 13.4. The normalized spacial score (nSPS) is 35.9. The average Bonchev–Trinajstić information content (AvgIpc) is 2.83. The molecule has 0 amide bonds. The highest BCUT2D eigenvalue weighted by Crippen LogP contribution is 2.35. The predicted octanol–water partition coefficient (Wildman–Crippen LogP) is 1.63. The third-order valence-electron chi connectivity index (χ3n) is 4.95. The fourth-order valence-electron chi connectivity index (χ4n) is 4.14. The van der Waals surface area contributed by atoms with Crippen LogP contribution in [0.4, 0.5) is 0 Å². The Kier molecular flexibility index (Phi) is 5.84. The van der Waals surface area contributed by atoms with E-state index in [1.54, 1.807) is 7.11 Å². The Morgan fingerprint density at radius 2 is 2.20 bits per heavy atom. The van der Waals surface area contributed by atoms with Crippen molar-refractivity contribution in [3.05, 3.63) is 0 Å². The maximum atomic E-state index is 9.82. The Labute approximate surface area is 123 Å². The molecule has 20 heavy (non-hydrogen) atoms. The SMILES string of the molecule is COCC1CCCN(C2CCC(CO)(NC(C)C)C2)C1. The quantitative estimate of drug-likeness (QED) is 0.778. The first kappa shape index (κ1) is 16.2. The summed E-state index contributed by atoms with van der Waals surface area (Å²) < 4.78 is 5.33. The van der Waals surface area contributed by atoms with Gasteiger partial charge < -0.3 is 15.2 Å². The van der Waals surface area contributed by atoms with E-state index in [0.717, 1.165) is 19.4 Å². The third kappa shape index (κ3) is 3.94. The Balaban J connectivity index is 1.90. The first-order valence-corrected chi connectivity index (χ1v) is 8.20. The number of piperidine rings is 1. The van der Waals surface area contributed by atoms with Crippen LogP contribution in [0.3, 0.4) is 0 Å². The molecule has 1 aliphatic carbocycles. The first-order valence-electron chi connectivity index (χ1n) is 8.20. The number of rotatable bonds is 6. The molecule has 2 fully saturated rings. The second-order valence-electron chi connectivity index (χ2n) is 7.09. The first-order chi connectivity index (χ1) is 9.58. The molecular weight excluding hydrogens is 252 g/mol. The molecule has 1 saturated carbocycles. The van der Waals surface area contributed by atoms with Gasteiger partial charge in [0.25, 0.3) is 0 Å². The maximum absolute atomic E-state index is 9.82. The lowest BCUT2D eigenvalue weighted by atomic mass is 9.95. The van der Waals surface area contributed by atoms with Gasteiger partial charge in [0.2, 0.25) is 0 Å². The Hall–Kier alpha value is -0.160. The summed E-state index contributed by atoms with van der Waals surface area (Å²) in [5.41, 5.74) is -0.0486.